The standard InChI is InChI=1S/C17H17NO2/c1-11-4-5-12(2)16(8-11)20-17-9-14(10-18)6-7-15(17)13(3)19/h4-9,13,19H,1-3H3/t13-/m1/s1. The SMILES string of the molecule is Cc1ccc(C)c(Oc2cc(C#N)ccc2[C@@H](C)O)c1. The molecule has 0 saturated heterocycles. The number of benzene rings is 2. The fourth-order valence-corrected chi connectivity index (χ4v) is 1.97. The van der Waals surface area contributed by atoms with Crippen molar-refractivity contribution in [2.75, 3.05) is 0 Å². The average molecular weight is 267 g/mol. The molecule has 0 heterocycles. The molecule has 0 fully saturated rings. The quantitative estimate of drug-likeness (QED) is 0.913. The fourth-order valence-electron chi connectivity index (χ4n) is 1.97. The average Bonchev–Trinajstić information content (AvgIpc) is 2.42. The molecular weight excluding hydrogens is 250 g/mol. The molecule has 3 heteroatoms. The first-order valence-corrected chi connectivity index (χ1v) is 6.48. The summed E-state index contributed by atoms with van der Waals surface area (Å²) in [5.74, 6) is 1.26. The molecule has 3 nitrogen and oxygen atoms in total. The van der Waals surface area contributed by atoms with Crippen molar-refractivity contribution < 1.29 is 9.84 Å². The van der Waals surface area contributed by atoms with Crippen molar-refractivity contribution in [1.29, 1.82) is 5.26 Å². The largest absolute Gasteiger partial charge is 0.457 e. The van der Waals surface area contributed by atoms with Crippen LogP contribution in [-0.4, -0.2) is 5.11 Å². The minimum absolute atomic E-state index is 0.509. The van der Waals surface area contributed by atoms with Gasteiger partial charge in [0, 0.05) is 5.56 Å². The Labute approximate surface area is 119 Å². The predicted octanol–water partition coefficient (Wildman–Crippen LogP) is 4.02. The highest BCUT2D eigenvalue weighted by Gasteiger charge is 2.12. The van der Waals surface area contributed by atoms with Gasteiger partial charge in [-0.15, -0.1) is 0 Å². The van der Waals surface area contributed by atoms with Gasteiger partial charge in [-0.25, -0.2) is 0 Å². The van der Waals surface area contributed by atoms with Crippen LogP contribution in [0.1, 0.15) is 35.3 Å². The summed E-state index contributed by atoms with van der Waals surface area (Å²) in [4.78, 5) is 0. The normalized spacial score (nSPS) is 11.8. The van der Waals surface area contributed by atoms with Crippen LogP contribution in [0, 0.1) is 25.2 Å². The number of nitriles is 1. The Kier molecular flexibility index (Phi) is 4.07. The molecule has 2 rings (SSSR count). The molecule has 2 aromatic carbocycles. The predicted molar refractivity (Wildman–Crippen MR) is 77.8 cm³/mol. The summed E-state index contributed by atoms with van der Waals surface area (Å²) in [6.45, 7) is 5.63. The van der Waals surface area contributed by atoms with Crippen molar-refractivity contribution in [2.24, 2.45) is 0 Å². The van der Waals surface area contributed by atoms with Gasteiger partial charge in [0.25, 0.3) is 0 Å². The van der Waals surface area contributed by atoms with Crippen molar-refractivity contribution in [3.05, 3.63) is 58.7 Å². The first kappa shape index (κ1) is 14.1. The summed E-state index contributed by atoms with van der Waals surface area (Å²) in [6.07, 6.45) is -0.650. The molecule has 0 spiro atoms. The Morgan fingerprint density at radius 1 is 1.10 bits per heavy atom. The number of nitrogens with zero attached hydrogens (tertiary/aromatic N) is 1. The van der Waals surface area contributed by atoms with Crippen LogP contribution in [0.3, 0.4) is 0 Å². The molecule has 1 N–H and O–H groups in total. The lowest BCUT2D eigenvalue weighted by molar-refractivity contribution is 0.195. The van der Waals surface area contributed by atoms with Crippen LogP contribution in [0.4, 0.5) is 0 Å². The molecule has 0 aliphatic carbocycles. The van der Waals surface area contributed by atoms with E-state index in [1.165, 1.54) is 0 Å². The van der Waals surface area contributed by atoms with E-state index in [0.29, 0.717) is 16.9 Å². The molecule has 102 valence electrons. The third-order valence-electron chi connectivity index (χ3n) is 3.16. The zero-order chi connectivity index (χ0) is 14.7. The first-order chi connectivity index (χ1) is 9.51. The van der Waals surface area contributed by atoms with Crippen molar-refractivity contribution in [1.82, 2.24) is 0 Å². The van der Waals surface area contributed by atoms with E-state index < -0.39 is 6.10 Å². The molecule has 1 atom stereocenters. The van der Waals surface area contributed by atoms with Gasteiger partial charge in [0.05, 0.1) is 17.7 Å². The van der Waals surface area contributed by atoms with Gasteiger partial charge in [0.2, 0.25) is 0 Å². The third kappa shape index (κ3) is 2.98. The van der Waals surface area contributed by atoms with Crippen molar-refractivity contribution in [3.63, 3.8) is 0 Å². The van der Waals surface area contributed by atoms with E-state index in [1.54, 1.807) is 25.1 Å². The number of ether oxygens (including phenoxy) is 1. The van der Waals surface area contributed by atoms with E-state index in [2.05, 4.69) is 6.07 Å². The van der Waals surface area contributed by atoms with E-state index in [1.807, 2.05) is 32.0 Å². The smallest absolute Gasteiger partial charge is 0.134 e. The lowest BCUT2D eigenvalue weighted by Crippen LogP contribution is -1.98. The number of rotatable bonds is 3. The molecule has 0 amide bonds. The summed E-state index contributed by atoms with van der Waals surface area (Å²) in [7, 11) is 0. The number of hydrogen-bond acceptors (Lipinski definition) is 3. The van der Waals surface area contributed by atoms with Crippen LogP contribution in [0.2, 0.25) is 0 Å². The summed E-state index contributed by atoms with van der Waals surface area (Å²) < 4.78 is 5.91. The lowest BCUT2D eigenvalue weighted by atomic mass is 10.1. The van der Waals surface area contributed by atoms with Gasteiger partial charge in [-0.3, -0.25) is 0 Å². The maximum atomic E-state index is 9.81. The summed E-state index contributed by atoms with van der Waals surface area (Å²) in [5, 5.41) is 18.8. The number of aliphatic hydroxyl groups excluding tert-OH is 1. The molecular formula is C17H17NO2. The first-order valence-electron chi connectivity index (χ1n) is 6.48. The zero-order valence-electron chi connectivity index (χ0n) is 11.8. The number of aryl methyl sites for hydroxylation is 2. The monoisotopic (exact) mass is 267 g/mol. The van der Waals surface area contributed by atoms with Crippen LogP contribution >= 0.6 is 0 Å². The second-order valence-electron chi connectivity index (χ2n) is 4.91. The Balaban J connectivity index is 2.46. The van der Waals surface area contributed by atoms with E-state index in [-0.39, 0.29) is 0 Å². The highest BCUT2D eigenvalue weighted by Crippen LogP contribution is 2.32. The zero-order valence-corrected chi connectivity index (χ0v) is 11.8. The fraction of sp³-hybridized carbons (Fsp3) is 0.235. The topological polar surface area (TPSA) is 53.2 Å². The highest BCUT2D eigenvalue weighted by atomic mass is 16.5. The third-order valence-corrected chi connectivity index (χ3v) is 3.16. The molecule has 0 aliphatic rings. The maximum absolute atomic E-state index is 9.81. The summed E-state index contributed by atoms with van der Waals surface area (Å²) in [5.41, 5.74) is 3.29. The molecule has 0 aliphatic heterocycles. The van der Waals surface area contributed by atoms with Crippen LogP contribution in [0.5, 0.6) is 11.5 Å². The highest BCUT2D eigenvalue weighted by molar-refractivity contribution is 5.47. The molecule has 2 aromatic rings. The molecule has 20 heavy (non-hydrogen) atoms. The van der Waals surface area contributed by atoms with Gasteiger partial charge < -0.3 is 9.84 Å². The van der Waals surface area contributed by atoms with Crippen molar-refractivity contribution in [2.45, 2.75) is 26.9 Å². The Hall–Kier alpha value is -2.31. The van der Waals surface area contributed by atoms with Gasteiger partial charge in [-0.2, -0.15) is 5.26 Å². The summed E-state index contributed by atoms with van der Waals surface area (Å²) >= 11 is 0. The number of hydrogen-bond donors (Lipinski definition) is 1. The van der Waals surface area contributed by atoms with E-state index in [0.717, 1.165) is 16.9 Å². The Bertz CT molecular complexity index is 669. The minimum Gasteiger partial charge on any atom is -0.457 e. The van der Waals surface area contributed by atoms with Crippen LogP contribution in [0.25, 0.3) is 0 Å². The molecule has 0 saturated carbocycles. The van der Waals surface area contributed by atoms with Gasteiger partial charge in [0.1, 0.15) is 11.5 Å². The molecule has 0 bridgehead atoms. The number of aliphatic hydroxyl groups is 1. The lowest BCUT2D eigenvalue weighted by Gasteiger charge is -2.15. The van der Waals surface area contributed by atoms with Crippen LogP contribution < -0.4 is 4.74 Å². The Morgan fingerprint density at radius 3 is 2.50 bits per heavy atom. The molecule has 0 unspecified atom stereocenters. The van der Waals surface area contributed by atoms with E-state index >= 15 is 0 Å². The van der Waals surface area contributed by atoms with Crippen LogP contribution in [0.15, 0.2) is 36.4 Å². The van der Waals surface area contributed by atoms with Crippen molar-refractivity contribution in [3.8, 4) is 17.6 Å². The molecule has 0 aromatic heterocycles. The van der Waals surface area contributed by atoms with Gasteiger partial charge in [-0.1, -0.05) is 18.2 Å². The van der Waals surface area contributed by atoms with Crippen LogP contribution in [-0.2, 0) is 0 Å². The second kappa shape index (κ2) is 5.77. The van der Waals surface area contributed by atoms with Gasteiger partial charge >= 0.3 is 0 Å². The maximum Gasteiger partial charge on any atom is 0.134 e. The second-order valence-corrected chi connectivity index (χ2v) is 4.91. The van der Waals surface area contributed by atoms with Crippen molar-refractivity contribution >= 4 is 0 Å². The molecule has 0 radical (unpaired) electrons. The van der Waals surface area contributed by atoms with E-state index in [9.17, 15) is 5.11 Å². The Morgan fingerprint density at radius 2 is 1.85 bits per heavy atom. The minimum atomic E-state index is -0.650. The summed E-state index contributed by atoms with van der Waals surface area (Å²) in [6, 6.07) is 13.1. The van der Waals surface area contributed by atoms with E-state index in [4.69, 9.17) is 10.00 Å². The van der Waals surface area contributed by atoms with Gasteiger partial charge in [-0.05, 0) is 50.1 Å². The van der Waals surface area contributed by atoms with Gasteiger partial charge in [0.15, 0.2) is 0 Å².